The van der Waals surface area contributed by atoms with Crippen molar-refractivity contribution in [3.8, 4) is 0 Å². The van der Waals surface area contributed by atoms with Crippen molar-refractivity contribution in [3.63, 3.8) is 0 Å². The highest BCUT2D eigenvalue weighted by Gasteiger charge is 2.08. The van der Waals surface area contributed by atoms with E-state index >= 15 is 0 Å². The molecular weight excluding hydrogens is 138 g/mol. The number of likely N-dealkylation sites (N-methyl/N-ethyl adjacent to an activating group) is 1. The Hall–Kier alpha value is -0.790. The predicted octanol–water partition coefficient (Wildman–Crippen LogP) is 1.68. The average molecular weight is 155 g/mol. The predicted molar refractivity (Wildman–Crippen MR) is 47.3 cm³/mol. The molecule has 1 amide bonds. The standard InChI is InChI=1S/C9H17NO/c1-5-6-10(4)9(11)7-8(2)3/h5,8H,1,6-7H2,2-4H3. The zero-order valence-corrected chi connectivity index (χ0v) is 7.63. The molecule has 0 aliphatic heterocycles. The summed E-state index contributed by atoms with van der Waals surface area (Å²) >= 11 is 0. The van der Waals surface area contributed by atoms with Crippen LogP contribution in [0.25, 0.3) is 0 Å². The van der Waals surface area contributed by atoms with Gasteiger partial charge in [-0.15, -0.1) is 6.58 Å². The van der Waals surface area contributed by atoms with Gasteiger partial charge in [-0.05, 0) is 5.92 Å². The zero-order chi connectivity index (χ0) is 8.85. The zero-order valence-electron chi connectivity index (χ0n) is 7.63. The van der Waals surface area contributed by atoms with Crippen molar-refractivity contribution in [3.05, 3.63) is 12.7 Å². The second-order valence-corrected chi connectivity index (χ2v) is 3.16. The fourth-order valence-corrected chi connectivity index (χ4v) is 0.801. The molecule has 0 unspecified atom stereocenters. The van der Waals surface area contributed by atoms with Crippen molar-refractivity contribution >= 4 is 5.91 Å². The highest BCUT2D eigenvalue weighted by Crippen LogP contribution is 2.01. The third kappa shape index (κ3) is 4.59. The molecule has 0 spiro atoms. The normalized spacial score (nSPS) is 9.82. The molecule has 0 heterocycles. The molecule has 0 aromatic heterocycles. The van der Waals surface area contributed by atoms with E-state index in [2.05, 4.69) is 6.58 Å². The van der Waals surface area contributed by atoms with Gasteiger partial charge in [0.1, 0.15) is 0 Å². The lowest BCUT2D eigenvalue weighted by atomic mass is 10.1. The molecule has 0 radical (unpaired) electrons. The molecule has 0 saturated carbocycles. The summed E-state index contributed by atoms with van der Waals surface area (Å²) < 4.78 is 0. The molecule has 2 nitrogen and oxygen atoms in total. The Morgan fingerprint density at radius 2 is 2.18 bits per heavy atom. The summed E-state index contributed by atoms with van der Waals surface area (Å²) in [7, 11) is 1.80. The Labute approximate surface area is 68.9 Å². The first-order chi connectivity index (χ1) is 5.07. The van der Waals surface area contributed by atoms with Crippen molar-refractivity contribution in [1.82, 2.24) is 4.90 Å². The molecule has 64 valence electrons. The summed E-state index contributed by atoms with van der Waals surface area (Å²) in [4.78, 5) is 12.9. The fraction of sp³-hybridized carbons (Fsp3) is 0.667. The largest absolute Gasteiger partial charge is 0.342 e. The van der Waals surface area contributed by atoms with E-state index in [0.29, 0.717) is 18.9 Å². The maximum absolute atomic E-state index is 11.2. The molecule has 2 heteroatoms. The Balaban J connectivity index is 3.72. The van der Waals surface area contributed by atoms with Crippen LogP contribution >= 0.6 is 0 Å². The van der Waals surface area contributed by atoms with Gasteiger partial charge in [0, 0.05) is 20.0 Å². The first kappa shape index (κ1) is 10.2. The molecule has 0 rings (SSSR count). The van der Waals surface area contributed by atoms with Gasteiger partial charge in [-0.25, -0.2) is 0 Å². The van der Waals surface area contributed by atoms with Gasteiger partial charge in [-0.3, -0.25) is 4.79 Å². The van der Waals surface area contributed by atoms with Gasteiger partial charge < -0.3 is 4.90 Å². The second kappa shape index (κ2) is 4.94. The first-order valence-corrected chi connectivity index (χ1v) is 3.92. The van der Waals surface area contributed by atoms with Crippen LogP contribution in [0.1, 0.15) is 20.3 Å². The average Bonchev–Trinajstić information content (AvgIpc) is 1.86. The monoisotopic (exact) mass is 155 g/mol. The minimum absolute atomic E-state index is 0.194. The quantitative estimate of drug-likeness (QED) is 0.566. The summed E-state index contributed by atoms with van der Waals surface area (Å²) in [6.07, 6.45) is 2.36. The molecule has 11 heavy (non-hydrogen) atoms. The van der Waals surface area contributed by atoms with Crippen LogP contribution in [0, 0.1) is 5.92 Å². The number of hydrogen-bond donors (Lipinski definition) is 0. The van der Waals surface area contributed by atoms with Crippen molar-refractivity contribution < 1.29 is 4.79 Å². The minimum Gasteiger partial charge on any atom is -0.342 e. The van der Waals surface area contributed by atoms with Gasteiger partial charge >= 0.3 is 0 Å². The highest BCUT2D eigenvalue weighted by atomic mass is 16.2. The van der Waals surface area contributed by atoms with Crippen LogP contribution in [0.15, 0.2) is 12.7 Å². The summed E-state index contributed by atoms with van der Waals surface area (Å²) in [5.41, 5.74) is 0. The van der Waals surface area contributed by atoms with Crippen LogP contribution in [0.2, 0.25) is 0 Å². The molecule has 0 aromatic carbocycles. The minimum atomic E-state index is 0.194. The van der Waals surface area contributed by atoms with Crippen molar-refractivity contribution in [1.29, 1.82) is 0 Å². The Morgan fingerprint density at radius 3 is 2.55 bits per heavy atom. The summed E-state index contributed by atoms with van der Waals surface area (Å²) in [5.74, 6) is 0.634. The van der Waals surface area contributed by atoms with Crippen molar-refractivity contribution in [2.24, 2.45) is 5.92 Å². The van der Waals surface area contributed by atoms with Gasteiger partial charge in [0.15, 0.2) is 0 Å². The van der Waals surface area contributed by atoms with Crippen LogP contribution in [0.4, 0.5) is 0 Å². The number of hydrogen-bond acceptors (Lipinski definition) is 1. The van der Waals surface area contributed by atoms with Crippen LogP contribution in [0.3, 0.4) is 0 Å². The summed E-state index contributed by atoms with van der Waals surface area (Å²) in [5, 5.41) is 0. The Bertz CT molecular complexity index is 140. The lowest BCUT2D eigenvalue weighted by Gasteiger charge is -2.15. The molecule has 0 aliphatic carbocycles. The molecule has 0 fully saturated rings. The maximum Gasteiger partial charge on any atom is 0.222 e. The van der Waals surface area contributed by atoms with Crippen LogP contribution in [0.5, 0.6) is 0 Å². The Morgan fingerprint density at radius 1 is 1.64 bits per heavy atom. The number of amides is 1. The van der Waals surface area contributed by atoms with Gasteiger partial charge in [-0.1, -0.05) is 19.9 Å². The highest BCUT2D eigenvalue weighted by molar-refractivity contribution is 5.76. The van der Waals surface area contributed by atoms with E-state index in [1.165, 1.54) is 0 Å². The second-order valence-electron chi connectivity index (χ2n) is 3.16. The van der Waals surface area contributed by atoms with E-state index in [-0.39, 0.29) is 5.91 Å². The number of nitrogens with zero attached hydrogens (tertiary/aromatic N) is 1. The SMILES string of the molecule is C=CCN(C)C(=O)CC(C)C. The summed E-state index contributed by atoms with van der Waals surface area (Å²) in [6.45, 7) is 8.30. The molecular formula is C9H17NO. The lowest BCUT2D eigenvalue weighted by molar-refractivity contribution is -0.130. The molecule has 0 aliphatic rings. The molecule has 0 aromatic rings. The van der Waals surface area contributed by atoms with Crippen LogP contribution in [-0.4, -0.2) is 24.4 Å². The maximum atomic E-state index is 11.2. The molecule has 0 N–H and O–H groups in total. The van der Waals surface area contributed by atoms with Crippen molar-refractivity contribution in [2.75, 3.05) is 13.6 Å². The van der Waals surface area contributed by atoms with Gasteiger partial charge in [0.25, 0.3) is 0 Å². The fourth-order valence-electron chi connectivity index (χ4n) is 0.801. The van der Waals surface area contributed by atoms with Gasteiger partial charge in [-0.2, -0.15) is 0 Å². The molecule has 0 bridgehead atoms. The Kier molecular flexibility index (Phi) is 4.59. The third-order valence-electron chi connectivity index (χ3n) is 1.41. The van der Waals surface area contributed by atoms with E-state index < -0.39 is 0 Å². The van der Waals surface area contributed by atoms with Gasteiger partial charge in [0.05, 0.1) is 0 Å². The van der Waals surface area contributed by atoms with Crippen LogP contribution in [-0.2, 0) is 4.79 Å². The molecule has 0 saturated heterocycles. The van der Waals surface area contributed by atoms with E-state index in [0.717, 1.165) is 0 Å². The third-order valence-corrected chi connectivity index (χ3v) is 1.41. The summed E-state index contributed by atoms with van der Waals surface area (Å²) in [6, 6.07) is 0. The smallest absolute Gasteiger partial charge is 0.222 e. The number of rotatable bonds is 4. The first-order valence-electron chi connectivity index (χ1n) is 3.92. The topological polar surface area (TPSA) is 20.3 Å². The molecule has 0 atom stereocenters. The van der Waals surface area contributed by atoms with Crippen LogP contribution < -0.4 is 0 Å². The lowest BCUT2D eigenvalue weighted by Crippen LogP contribution is -2.27. The van der Waals surface area contributed by atoms with E-state index in [1.807, 2.05) is 13.8 Å². The van der Waals surface area contributed by atoms with Crippen molar-refractivity contribution in [2.45, 2.75) is 20.3 Å². The van der Waals surface area contributed by atoms with E-state index in [1.54, 1.807) is 18.0 Å². The number of carbonyl (C=O) groups is 1. The van der Waals surface area contributed by atoms with Gasteiger partial charge in [0.2, 0.25) is 5.91 Å². The number of carbonyl (C=O) groups excluding carboxylic acids is 1. The van der Waals surface area contributed by atoms with E-state index in [4.69, 9.17) is 0 Å². The van der Waals surface area contributed by atoms with E-state index in [9.17, 15) is 4.79 Å².